The Morgan fingerprint density at radius 3 is 2.74 bits per heavy atom. The number of nitrogens with one attached hydrogen (secondary N) is 2. The number of aliphatic hydroxyl groups excluding tert-OH is 1. The Balaban J connectivity index is 1.24. The van der Waals surface area contributed by atoms with Crippen molar-refractivity contribution in [3.05, 3.63) is 52.7 Å². The lowest BCUT2D eigenvalue weighted by atomic mass is 9.44. The molecule has 3 fully saturated rings. The molecule has 2 bridgehead atoms. The molecule has 144 valence electrons. The molecule has 5 rings (SSSR count). The standard InChI is InChI=1S/C19H20ClFN2O4/c1-11-4-5-26-16(11)17(25)23-19-8-18(9-19,10-19)22-15(24)7-27-12-2-3-13(20)14(21)6-12/h2-6,17,23,25H,7-10H2,1H3,(H,22,24). The first-order chi connectivity index (χ1) is 12.8. The van der Waals surface area contributed by atoms with Crippen LogP contribution in [0.25, 0.3) is 0 Å². The van der Waals surface area contributed by atoms with Gasteiger partial charge in [-0.1, -0.05) is 11.6 Å². The third-order valence-corrected chi connectivity index (χ3v) is 5.60. The Kier molecular flexibility index (Phi) is 4.41. The van der Waals surface area contributed by atoms with Crippen LogP contribution in [0.5, 0.6) is 5.75 Å². The lowest BCUT2D eigenvalue weighted by Crippen LogP contribution is -2.83. The van der Waals surface area contributed by atoms with E-state index in [1.54, 1.807) is 12.3 Å². The first kappa shape index (κ1) is 18.3. The molecule has 8 heteroatoms. The average Bonchev–Trinajstić information content (AvgIpc) is 2.99. The van der Waals surface area contributed by atoms with Gasteiger partial charge in [-0.3, -0.25) is 10.1 Å². The van der Waals surface area contributed by atoms with Crippen LogP contribution in [-0.2, 0) is 4.79 Å². The molecule has 1 amide bonds. The maximum Gasteiger partial charge on any atom is 0.258 e. The van der Waals surface area contributed by atoms with Gasteiger partial charge in [0.05, 0.1) is 11.3 Å². The topological polar surface area (TPSA) is 83.7 Å². The Bertz CT molecular complexity index is 865. The maximum atomic E-state index is 13.4. The first-order valence-corrected chi connectivity index (χ1v) is 9.06. The zero-order valence-corrected chi connectivity index (χ0v) is 15.5. The van der Waals surface area contributed by atoms with Crippen molar-refractivity contribution in [1.29, 1.82) is 0 Å². The summed E-state index contributed by atoms with van der Waals surface area (Å²) >= 11 is 5.61. The minimum Gasteiger partial charge on any atom is -0.484 e. The van der Waals surface area contributed by atoms with Crippen LogP contribution in [0.15, 0.2) is 34.9 Å². The van der Waals surface area contributed by atoms with Crippen molar-refractivity contribution < 1.29 is 23.4 Å². The summed E-state index contributed by atoms with van der Waals surface area (Å²) < 4.78 is 24.0. The molecule has 1 atom stereocenters. The minimum atomic E-state index is -0.864. The van der Waals surface area contributed by atoms with Crippen LogP contribution in [0, 0.1) is 12.7 Å². The summed E-state index contributed by atoms with van der Waals surface area (Å²) in [6.45, 7) is 1.68. The molecule has 0 saturated heterocycles. The Morgan fingerprint density at radius 1 is 1.37 bits per heavy atom. The normalized spacial score (nSPS) is 26.7. The molecular weight excluding hydrogens is 375 g/mol. The highest BCUT2D eigenvalue weighted by molar-refractivity contribution is 6.30. The number of hydrogen-bond donors (Lipinski definition) is 3. The monoisotopic (exact) mass is 394 g/mol. The van der Waals surface area contributed by atoms with Gasteiger partial charge in [0.25, 0.3) is 5.91 Å². The highest BCUT2D eigenvalue weighted by Gasteiger charge is 2.69. The minimum absolute atomic E-state index is 0.00500. The number of rotatable bonds is 7. The Labute approximate surface area is 160 Å². The van der Waals surface area contributed by atoms with Gasteiger partial charge in [0.15, 0.2) is 12.8 Å². The molecule has 0 spiro atoms. The molecule has 2 aromatic rings. The van der Waals surface area contributed by atoms with Crippen molar-refractivity contribution in [3.63, 3.8) is 0 Å². The average molecular weight is 395 g/mol. The Morgan fingerprint density at radius 2 is 2.11 bits per heavy atom. The van der Waals surface area contributed by atoms with E-state index in [-0.39, 0.29) is 34.4 Å². The summed E-state index contributed by atoms with van der Waals surface area (Å²) in [6, 6.07) is 5.84. The molecule has 3 aliphatic carbocycles. The highest BCUT2D eigenvalue weighted by atomic mass is 35.5. The van der Waals surface area contributed by atoms with Crippen LogP contribution < -0.4 is 15.4 Å². The number of ether oxygens (including phenoxy) is 1. The Hall–Kier alpha value is -2.09. The van der Waals surface area contributed by atoms with Gasteiger partial charge in [-0.25, -0.2) is 4.39 Å². The summed E-state index contributed by atoms with van der Waals surface area (Å²) in [4.78, 5) is 12.1. The molecule has 1 aromatic heterocycles. The van der Waals surface area contributed by atoms with E-state index < -0.39 is 12.0 Å². The van der Waals surface area contributed by atoms with Gasteiger partial charge in [-0.05, 0) is 49.9 Å². The fraction of sp³-hybridized carbons (Fsp3) is 0.421. The van der Waals surface area contributed by atoms with Gasteiger partial charge < -0.3 is 19.6 Å². The second-order valence-electron chi connectivity index (χ2n) is 7.52. The van der Waals surface area contributed by atoms with E-state index in [0.717, 1.165) is 30.9 Å². The quantitative estimate of drug-likeness (QED) is 0.629. The molecule has 0 aliphatic heterocycles. The van der Waals surface area contributed by atoms with Gasteiger partial charge in [0.2, 0.25) is 0 Å². The smallest absolute Gasteiger partial charge is 0.258 e. The van der Waals surface area contributed by atoms with Crippen molar-refractivity contribution in [3.8, 4) is 5.75 Å². The van der Waals surface area contributed by atoms with Crippen molar-refractivity contribution in [2.24, 2.45) is 0 Å². The van der Waals surface area contributed by atoms with Crippen LogP contribution in [0.4, 0.5) is 4.39 Å². The van der Waals surface area contributed by atoms with Crippen LogP contribution in [-0.4, -0.2) is 28.7 Å². The predicted molar refractivity (Wildman–Crippen MR) is 95.9 cm³/mol. The number of aliphatic hydroxyl groups is 1. The second-order valence-corrected chi connectivity index (χ2v) is 7.93. The second kappa shape index (κ2) is 6.51. The SMILES string of the molecule is Cc1ccoc1C(O)NC12CC(NC(=O)COc3ccc(Cl)c(F)c3)(C1)C2. The van der Waals surface area contributed by atoms with Gasteiger partial charge in [-0.15, -0.1) is 0 Å². The number of carbonyl (C=O) groups is 1. The number of hydrogen-bond acceptors (Lipinski definition) is 5. The zero-order valence-electron chi connectivity index (χ0n) is 14.7. The third kappa shape index (κ3) is 3.42. The fourth-order valence-corrected chi connectivity index (χ4v) is 4.26. The van der Waals surface area contributed by atoms with E-state index in [0.29, 0.717) is 5.76 Å². The molecule has 1 heterocycles. The van der Waals surface area contributed by atoms with Crippen molar-refractivity contribution in [1.82, 2.24) is 10.6 Å². The van der Waals surface area contributed by atoms with E-state index in [4.69, 9.17) is 20.8 Å². The summed E-state index contributed by atoms with van der Waals surface area (Å²) in [5, 5.41) is 16.5. The maximum absolute atomic E-state index is 13.4. The van der Waals surface area contributed by atoms with Crippen molar-refractivity contribution in [2.45, 2.75) is 43.5 Å². The van der Waals surface area contributed by atoms with Gasteiger partial charge in [0.1, 0.15) is 17.3 Å². The van der Waals surface area contributed by atoms with E-state index in [9.17, 15) is 14.3 Å². The summed E-state index contributed by atoms with van der Waals surface area (Å²) in [6.07, 6.45) is 2.89. The van der Waals surface area contributed by atoms with E-state index in [1.807, 2.05) is 6.92 Å². The van der Waals surface area contributed by atoms with Crippen LogP contribution in [0.2, 0.25) is 5.02 Å². The number of amides is 1. The number of carbonyl (C=O) groups excluding carboxylic acids is 1. The molecule has 6 nitrogen and oxygen atoms in total. The van der Waals surface area contributed by atoms with Crippen LogP contribution in [0.1, 0.15) is 36.8 Å². The molecule has 1 unspecified atom stereocenters. The van der Waals surface area contributed by atoms with Crippen molar-refractivity contribution >= 4 is 17.5 Å². The summed E-state index contributed by atoms with van der Waals surface area (Å²) in [5.41, 5.74) is 0.461. The first-order valence-electron chi connectivity index (χ1n) is 8.69. The van der Waals surface area contributed by atoms with Gasteiger partial charge >= 0.3 is 0 Å². The summed E-state index contributed by atoms with van der Waals surface area (Å²) in [7, 11) is 0. The third-order valence-electron chi connectivity index (χ3n) is 5.29. The number of aryl methyl sites for hydroxylation is 1. The molecule has 3 aliphatic rings. The van der Waals surface area contributed by atoms with Gasteiger partial charge in [-0.2, -0.15) is 0 Å². The fourth-order valence-electron chi connectivity index (χ4n) is 4.14. The van der Waals surface area contributed by atoms with Crippen molar-refractivity contribution in [2.75, 3.05) is 6.61 Å². The van der Waals surface area contributed by atoms with Gasteiger partial charge in [0, 0.05) is 17.1 Å². The molecular formula is C19H20ClFN2O4. The van der Waals surface area contributed by atoms with E-state index in [2.05, 4.69) is 10.6 Å². The molecule has 27 heavy (non-hydrogen) atoms. The number of halogens is 2. The lowest BCUT2D eigenvalue weighted by Gasteiger charge is -2.71. The molecule has 0 radical (unpaired) electrons. The van der Waals surface area contributed by atoms with Crippen LogP contribution >= 0.6 is 11.6 Å². The predicted octanol–water partition coefficient (Wildman–Crippen LogP) is 2.83. The summed E-state index contributed by atoms with van der Waals surface area (Å²) in [5.74, 6) is -0.0884. The zero-order chi connectivity index (χ0) is 19.2. The molecule has 3 N–H and O–H groups in total. The number of furan rings is 1. The van der Waals surface area contributed by atoms with E-state index in [1.165, 1.54) is 12.1 Å². The molecule has 3 saturated carbocycles. The van der Waals surface area contributed by atoms with E-state index >= 15 is 0 Å². The van der Waals surface area contributed by atoms with Crippen LogP contribution in [0.3, 0.4) is 0 Å². The lowest BCUT2D eigenvalue weighted by molar-refractivity contribution is -0.152. The molecule has 1 aromatic carbocycles. The number of benzene rings is 1. The largest absolute Gasteiger partial charge is 0.484 e. The highest BCUT2D eigenvalue weighted by Crippen LogP contribution is 2.61.